The lowest BCUT2D eigenvalue weighted by molar-refractivity contribution is -0.149. The van der Waals surface area contributed by atoms with Crippen LogP contribution in [0.1, 0.15) is 29.6 Å². The summed E-state index contributed by atoms with van der Waals surface area (Å²) in [5.74, 6) is -0.358. The number of rotatable bonds is 3. The monoisotopic (exact) mass is 367 g/mol. The molecule has 2 fully saturated rings. The third-order valence-electron chi connectivity index (χ3n) is 4.98. The van der Waals surface area contributed by atoms with Crippen LogP contribution in [0.15, 0.2) is 22.7 Å². The average Bonchev–Trinajstić information content (AvgIpc) is 3.04. The standard InChI is InChI=1S/C16H18BrNO4/c1-22-13-7-11(17)4-5-12(13)14(19)18-8-10-3-2-6-16(10,9-18)15(20)21/h4-5,7,10H,2-3,6,8-9H2,1H3,(H,20,21)/t10-,16+/m0/s1. The van der Waals surface area contributed by atoms with E-state index in [1.54, 1.807) is 23.1 Å². The van der Waals surface area contributed by atoms with E-state index in [9.17, 15) is 14.7 Å². The minimum atomic E-state index is -0.770. The molecule has 1 saturated carbocycles. The van der Waals surface area contributed by atoms with E-state index in [-0.39, 0.29) is 11.8 Å². The van der Waals surface area contributed by atoms with Crippen molar-refractivity contribution in [1.29, 1.82) is 0 Å². The normalized spacial score (nSPS) is 26.8. The number of carboxylic acid groups (broad SMARTS) is 1. The number of methoxy groups -OCH3 is 1. The fourth-order valence-electron chi connectivity index (χ4n) is 3.81. The van der Waals surface area contributed by atoms with Crippen LogP contribution >= 0.6 is 15.9 Å². The first-order valence-electron chi connectivity index (χ1n) is 7.34. The van der Waals surface area contributed by atoms with Crippen molar-refractivity contribution < 1.29 is 19.4 Å². The topological polar surface area (TPSA) is 66.8 Å². The third kappa shape index (κ3) is 2.29. The lowest BCUT2D eigenvalue weighted by Crippen LogP contribution is -2.37. The quantitative estimate of drug-likeness (QED) is 0.891. The number of carboxylic acids is 1. The van der Waals surface area contributed by atoms with Crippen LogP contribution in [0, 0.1) is 11.3 Å². The Balaban J connectivity index is 1.87. The van der Waals surface area contributed by atoms with Gasteiger partial charge in [0.2, 0.25) is 0 Å². The summed E-state index contributed by atoms with van der Waals surface area (Å²) < 4.78 is 6.11. The number of carbonyl (C=O) groups excluding carboxylic acids is 1. The number of likely N-dealkylation sites (tertiary alicyclic amines) is 1. The van der Waals surface area contributed by atoms with E-state index >= 15 is 0 Å². The Hall–Kier alpha value is -1.56. The molecule has 0 bridgehead atoms. The maximum absolute atomic E-state index is 12.8. The van der Waals surface area contributed by atoms with E-state index in [0.29, 0.717) is 30.8 Å². The van der Waals surface area contributed by atoms with E-state index in [0.717, 1.165) is 17.3 Å². The maximum Gasteiger partial charge on any atom is 0.311 e. The lowest BCUT2D eigenvalue weighted by atomic mass is 9.81. The summed E-state index contributed by atoms with van der Waals surface area (Å²) in [6.45, 7) is 0.815. The summed E-state index contributed by atoms with van der Waals surface area (Å²) in [4.78, 5) is 26.2. The number of hydrogen-bond acceptors (Lipinski definition) is 3. The van der Waals surface area contributed by atoms with Gasteiger partial charge < -0.3 is 14.7 Å². The first-order chi connectivity index (χ1) is 10.5. The van der Waals surface area contributed by atoms with E-state index in [1.807, 2.05) is 0 Å². The van der Waals surface area contributed by atoms with Gasteiger partial charge in [-0.15, -0.1) is 0 Å². The molecule has 1 aliphatic heterocycles. The van der Waals surface area contributed by atoms with Gasteiger partial charge in [0.15, 0.2) is 0 Å². The van der Waals surface area contributed by atoms with E-state index < -0.39 is 11.4 Å². The van der Waals surface area contributed by atoms with E-state index in [4.69, 9.17) is 4.74 Å². The van der Waals surface area contributed by atoms with Crippen molar-refractivity contribution >= 4 is 27.8 Å². The van der Waals surface area contributed by atoms with Crippen molar-refractivity contribution in [2.75, 3.05) is 20.2 Å². The molecule has 0 spiro atoms. The summed E-state index contributed by atoms with van der Waals surface area (Å²) in [6, 6.07) is 5.25. The van der Waals surface area contributed by atoms with Gasteiger partial charge in [-0.25, -0.2) is 0 Å². The molecule has 1 heterocycles. The van der Waals surface area contributed by atoms with Crippen molar-refractivity contribution in [3.8, 4) is 5.75 Å². The molecule has 118 valence electrons. The lowest BCUT2D eigenvalue weighted by Gasteiger charge is -2.23. The Kier molecular flexibility index (Phi) is 3.89. The van der Waals surface area contributed by atoms with Crippen LogP contribution in [0.25, 0.3) is 0 Å². The van der Waals surface area contributed by atoms with Gasteiger partial charge in [0.25, 0.3) is 5.91 Å². The van der Waals surface area contributed by atoms with Crippen LogP contribution in [0.3, 0.4) is 0 Å². The maximum atomic E-state index is 12.8. The van der Waals surface area contributed by atoms with Crippen molar-refractivity contribution in [3.05, 3.63) is 28.2 Å². The summed E-state index contributed by atoms with van der Waals surface area (Å²) in [6.07, 6.45) is 2.47. The van der Waals surface area contributed by atoms with E-state index in [1.165, 1.54) is 7.11 Å². The number of hydrogen-bond donors (Lipinski definition) is 1. The highest BCUT2D eigenvalue weighted by atomic mass is 79.9. The van der Waals surface area contributed by atoms with Gasteiger partial charge >= 0.3 is 5.97 Å². The van der Waals surface area contributed by atoms with Crippen LogP contribution < -0.4 is 4.74 Å². The zero-order valence-corrected chi connectivity index (χ0v) is 13.9. The summed E-state index contributed by atoms with van der Waals surface area (Å²) in [7, 11) is 1.52. The Morgan fingerprint density at radius 3 is 2.86 bits per heavy atom. The van der Waals surface area contributed by atoms with E-state index in [2.05, 4.69) is 15.9 Å². The van der Waals surface area contributed by atoms with Gasteiger partial charge in [-0.2, -0.15) is 0 Å². The zero-order chi connectivity index (χ0) is 15.9. The Morgan fingerprint density at radius 1 is 1.45 bits per heavy atom. The van der Waals surface area contributed by atoms with Gasteiger partial charge in [-0.1, -0.05) is 22.4 Å². The molecule has 1 amide bonds. The SMILES string of the molecule is COc1cc(Br)ccc1C(=O)N1C[C@@H]2CCC[C@@]2(C(=O)O)C1. The molecule has 2 atom stereocenters. The number of fused-ring (bicyclic) bond motifs is 1. The predicted octanol–water partition coefficient (Wildman–Crippen LogP) is 2.78. The summed E-state index contributed by atoms with van der Waals surface area (Å²) in [5, 5.41) is 9.61. The summed E-state index contributed by atoms with van der Waals surface area (Å²) >= 11 is 3.35. The number of benzene rings is 1. The van der Waals surface area contributed by atoms with Gasteiger partial charge in [0.05, 0.1) is 18.1 Å². The molecule has 2 aliphatic rings. The zero-order valence-electron chi connectivity index (χ0n) is 12.3. The van der Waals surface area contributed by atoms with Crippen molar-refractivity contribution in [1.82, 2.24) is 4.90 Å². The van der Waals surface area contributed by atoms with Crippen molar-refractivity contribution in [3.63, 3.8) is 0 Å². The van der Waals surface area contributed by atoms with Gasteiger partial charge in [-0.3, -0.25) is 9.59 Å². The predicted molar refractivity (Wildman–Crippen MR) is 84.0 cm³/mol. The first-order valence-corrected chi connectivity index (χ1v) is 8.13. The molecule has 0 radical (unpaired) electrons. The highest BCUT2D eigenvalue weighted by Crippen LogP contribution is 2.49. The van der Waals surface area contributed by atoms with Crippen LogP contribution in [0.5, 0.6) is 5.75 Å². The number of aliphatic carboxylic acids is 1. The highest BCUT2D eigenvalue weighted by Gasteiger charge is 2.55. The fourth-order valence-corrected chi connectivity index (χ4v) is 4.15. The Bertz CT molecular complexity index is 633. The molecule has 3 rings (SSSR count). The molecule has 1 saturated heterocycles. The molecule has 1 aromatic rings. The second kappa shape index (κ2) is 5.57. The van der Waals surface area contributed by atoms with Gasteiger partial charge in [0.1, 0.15) is 5.75 Å². The molecule has 1 aromatic carbocycles. The van der Waals surface area contributed by atoms with Crippen LogP contribution in [-0.2, 0) is 4.79 Å². The average molecular weight is 368 g/mol. The van der Waals surface area contributed by atoms with Crippen molar-refractivity contribution in [2.24, 2.45) is 11.3 Å². The molecular weight excluding hydrogens is 350 g/mol. The number of amides is 1. The number of nitrogens with zero attached hydrogens (tertiary/aromatic N) is 1. The molecule has 22 heavy (non-hydrogen) atoms. The van der Waals surface area contributed by atoms with Gasteiger partial charge in [-0.05, 0) is 37.0 Å². The second-order valence-corrected chi connectivity index (χ2v) is 7.00. The smallest absolute Gasteiger partial charge is 0.311 e. The first kappa shape index (κ1) is 15.3. The molecule has 1 N–H and O–H groups in total. The van der Waals surface area contributed by atoms with Crippen molar-refractivity contribution in [2.45, 2.75) is 19.3 Å². The second-order valence-electron chi connectivity index (χ2n) is 6.08. The molecule has 1 aliphatic carbocycles. The Morgan fingerprint density at radius 2 is 2.23 bits per heavy atom. The van der Waals surface area contributed by atoms with Gasteiger partial charge in [0, 0.05) is 17.6 Å². The van der Waals surface area contributed by atoms with Crippen LogP contribution in [0.4, 0.5) is 0 Å². The fraction of sp³-hybridized carbons (Fsp3) is 0.500. The molecule has 5 nitrogen and oxygen atoms in total. The molecule has 0 aromatic heterocycles. The minimum absolute atomic E-state index is 0.0652. The highest BCUT2D eigenvalue weighted by molar-refractivity contribution is 9.10. The van der Waals surface area contributed by atoms with Crippen LogP contribution in [-0.4, -0.2) is 42.1 Å². The minimum Gasteiger partial charge on any atom is -0.496 e. The third-order valence-corrected chi connectivity index (χ3v) is 5.47. The molecule has 6 heteroatoms. The number of halogens is 1. The number of ether oxygens (including phenoxy) is 1. The molecule has 0 unspecified atom stereocenters. The summed E-state index contributed by atoms with van der Waals surface area (Å²) in [5.41, 5.74) is -0.274. The number of carbonyl (C=O) groups is 2. The Labute approximate surface area is 137 Å². The van der Waals surface area contributed by atoms with Crippen LogP contribution in [0.2, 0.25) is 0 Å². The molecular formula is C16H18BrNO4. The largest absolute Gasteiger partial charge is 0.496 e.